The number of esters is 1. The number of hydrogen-bond acceptors (Lipinski definition) is 8. The first kappa shape index (κ1) is 24.0. The lowest BCUT2D eigenvalue weighted by atomic mass is 10.2. The monoisotopic (exact) mass is 488 g/mol. The summed E-state index contributed by atoms with van der Waals surface area (Å²) in [7, 11) is 1.56. The first-order chi connectivity index (χ1) is 16.4. The number of fused-ring (bicyclic) bond motifs is 1. The number of nitrogens with one attached hydrogen (secondary N) is 1. The molecule has 0 bridgehead atoms. The van der Waals surface area contributed by atoms with E-state index in [9.17, 15) is 9.18 Å². The molecule has 0 radical (unpaired) electrons. The average Bonchev–Trinajstić information content (AvgIpc) is 2.80. The quantitative estimate of drug-likeness (QED) is 0.447. The third-order valence-corrected chi connectivity index (χ3v) is 5.76. The Hall–Kier alpha value is -3.17. The number of ether oxygens (including phenoxy) is 3. The molecule has 8 nitrogen and oxygen atoms in total. The molecule has 3 aromatic rings. The molecule has 10 heteroatoms. The van der Waals surface area contributed by atoms with E-state index in [4.69, 9.17) is 25.8 Å². The third kappa shape index (κ3) is 5.31. The number of carbonyl (C=O) groups excluding carboxylic acids is 1. The van der Waals surface area contributed by atoms with Crippen molar-refractivity contribution in [2.75, 3.05) is 25.5 Å². The van der Waals surface area contributed by atoms with Crippen molar-refractivity contribution in [1.29, 1.82) is 0 Å². The highest BCUT2D eigenvalue weighted by molar-refractivity contribution is 6.31. The van der Waals surface area contributed by atoms with Crippen LogP contribution >= 0.6 is 11.6 Å². The Labute approximate surface area is 202 Å². The van der Waals surface area contributed by atoms with Crippen LogP contribution in [0.2, 0.25) is 5.02 Å². The normalized spacial score (nSPS) is 17.3. The van der Waals surface area contributed by atoms with Crippen LogP contribution in [0.4, 0.5) is 15.9 Å². The van der Waals surface area contributed by atoms with Crippen LogP contribution in [0.1, 0.15) is 26.7 Å². The Morgan fingerprint density at radius 2 is 2.12 bits per heavy atom. The van der Waals surface area contributed by atoms with Crippen molar-refractivity contribution in [2.45, 2.75) is 39.0 Å². The number of halogens is 2. The Balaban J connectivity index is 1.65. The number of morpholine rings is 1. The van der Waals surface area contributed by atoms with Crippen LogP contribution in [0.5, 0.6) is 11.5 Å². The molecule has 2 unspecified atom stereocenters. The third-order valence-electron chi connectivity index (χ3n) is 5.47. The van der Waals surface area contributed by atoms with Crippen molar-refractivity contribution in [3.05, 3.63) is 47.5 Å². The topological polar surface area (TPSA) is 85.8 Å². The first-order valence-corrected chi connectivity index (χ1v) is 11.4. The molecule has 1 aromatic heterocycles. The summed E-state index contributed by atoms with van der Waals surface area (Å²) in [5.41, 5.74) is 1.21. The second-order valence-corrected chi connectivity index (χ2v) is 8.49. The van der Waals surface area contributed by atoms with Gasteiger partial charge in [-0.3, -0.25) is 9.69 Å². The second-order valence-electron chi connectivity index (χ2n) is 8.09. The lowest BCUT2D eigenvalue weighted by Gasteiger charge is -2.36. The zero-order valence-electron chi connectivity index (χ0n) is 19.2. The summed E-state index contributed by atoms with van der Waals surface area (Å²) in [6.45, 7) is 4.68. The number of anilines is 2. The number of rotatable bonds is 8. The lowest BCUT2D eigenvalue weighted by Crippen LogP contribution is -2.51. The van der Waals surface area contributed by atoms with E-state index >= 15 is 0 Å². The number of cyclic esters (lactones) is 1. The largest absolute Gasteiger partial charge is 0.493 e. The Kier molecular flexibility index (Phi) is 7.33. The fourth-order valence-electron chi connectivity index (χ4n) is 3.91. The van der Waals surface area contributed by atoms with Gasteiger partial charge in [-0.25, -0.2) is 14.4 Å². The molecule has 2 atom stereocenters. The van der Waals surface area contributed by atoms with Crippen LogP contribution in [0, 0.1) is 5.82 Å². The van der Waals surface area contributed by atoms with E-state index in [1.165, 1.54) is 18.5 Å². The van der Waals surface area contributed by atoms with E-state index in [0.29, 0.717) is 40.5 Å². The molecule has 0 spiro atoms. The molecular weight excluding hydrogens is 463 g/mol. The Morgan fingerprint density at radius 3 is 2.82 bits per heavy atom. The maximum absolute atomic E-state index is 13.5. The molecule has 0 saturated carbocycles. The van der Waals surface area contributed by atoms with Gasteiger partial charge in [-0.05, 0) is 37.6 Å². The summed E-state index contributed by atoms with van der Waals surface area (Å²) in [5, 5.41) is 3.85. The van der Waals surface area contributed by atoms with Gasteiger partial charge < -0.3 is 19.5 Å². The highest BCUT2D eigenvalue weighted by atomic mass is 35.5. The molecule has 2 heterocycles. The molecule has 1 fully saturated rings. The fourth-order valence-corrected chi connectivity index (χ4v) is 4.09. The number of methoxy groups -OCH3 is 1. The first-order valence-electron chi connectivity index (χ1n) is 11.0. The van der Waals surface area contributed by atoms with Gasteiger partial charge in [0.1, 0.15) is 24.1 Å². The predicted molar refractivity (Wildman–Crippen MR) is 127 cm³/mol. The number of benzene rings is 2. The highest BCUT2D eigenvalue weighted by Crippen LogP contribution is 2.36. The van der Waals surface area contributed by atoms with Crippen molar-refractivity contribution in [2.24, 2.45) is 0 Å². The number of nitrogens with zero attached hydrogens (tertiary/aromatic N) is 3. The summed E-state index contributed by atoms with van der Waals surface area (Å²) in [6.07, 6.45) is 2.49. The van der Waals surface area contributed by atoms with E-state index in [-0.39, 0.29) is 29.9 Å². The average molecular weight is 489 g/mol. The van der Waals surface area contributed by atoms with Crippen LogP contribution < -0.4 is 14.8 Å². The number of hydrogen-bond donors (Lipinski definition) is 1. The van der Waals surface area contributed by atoms with Gasteiger partial charge >= 0.3 is 5.97 Å². The van der Waals surface area contributed by atoms with Gasteiger partial charge in [-0.2, -0.15) is 0 Å². The van der Waals surface area contributed by atoms with Gasteiger partial charge in [0.2, 0.25) is 0 Å². The molecule has 0 amide bonds. The van der Waals surface area contributed by atoms with Crippen LogP contribution in [0.3, 0.4) is 0 Å². The molecule has 2 aromatic carbocycles. The molecular formula is C24H26ClFN4O4. The smallest absolute Gasteiger partial charge is 0.320 e. The van der Waals surface area contributed by atoms with Crippen molar-refractivity contribution in [1.82, 2.24) is 14.9 Å². The summed E-state index contributed by atoms with van der Waals surface area (Å²) < 4.78 is 30.8. The minimum Gasteiger partial charge on any atom is -0.493 e. The van der Waals surface area contributed by atoms with E-state index in [1.807, 2.05) is 11.8 Å². The second kappa shape index (κ2) is 10.4. The van der Waals surface area contributed by atoms with Gasteiger partial charge in [0.25, 0.3) is 0 Å². The zero-order chi connectivity index (χ0) is 24.2. The number of carbonyl (C=O) groups is 1. The van der Waals surface area contributed by atoms with Crippen molar-refractivity contribution >= 4 is 40.0 Å². The van der Waals surface area contributed by atoms with Gasteiger partial charge in [0.05, 0.1) is 24.2 Å². The zero-order valence-corrected chi connectivity index (χ0v) is 19.9. The summed E-state index contributed by atoms with van der Waals surface area (Å²) in [6, 6.07) is 7.91. The maximum Gasteiger partial charge on any atom is 0.320 e. The molecule has 1 aliphatic heterocycles. The van der Waals surface area contributed by atoms with E-state index in [2.05, 4.69) is 22.2 Å². The van der Waals surface area contributed by atoms with Crippen LogP contribution in [-0.4, -0.2) is 53.4 Å². The molecule has 1 N–H and O–H groups in total. The molecule has 0 aliphatic carbocycles. The van der Waals surface area contributed by atoms with Crippen LogP contribution in [-0.2, 0) is 9.53 Å². The summed E-state index contributed by atoms with van der Waals surface area (Å²) in [5.74, 6) is 0.750. The van der Waals surface area contributed by atoms with Gasteiger partial charge in [0.15, 0.2) is 17.7 Å². The fraction of sp³-hybridized carbons (Fsp3) is 0.375. The van der Waals surface area contributed by atoms with E-state index < -0.39 is 5.82 Å². The maximum atomic E-state index is 13.5. The summed E-state index contributed by atoms with van der Waals surface area (Å²) >= 11 is 5.91. The van der Waals surface area contributed by atoms with E-state index in [0.717, 1.165) is 12.8 Å². The predicted octanol–water partition coefficient (Wildman–Crippen LogP) is 4.93. The SMILES string of the molecule is CCCC(Oc1cc2ncnc(Nc3ccc(F)c(Cl)c3)c2cc1OC)N1CC(=O)OC(C)C1. The Bertz CT molecular complexity index is 1200. The molecule has 1 aliphatic rings. The van der Waals surface area contributed by atoms with Gasteiger partial charge in [-0.1, -0.05) is 24.9 Å². The molecule has 180 valence electrons. The van der Waals surface area contributed by atoms with Gasteiger partial charge in [0, 0.05) is 23.7 Å². The molecule has 4 rings (SSSR count). The standard InChI is InChI=1S/C24H26ClFN4O4/c1-4-5-22(30-11-14(2)33-23(31)12-30)34-21-10-19-16(9-20(21)32-3)24(28-13-27-19)29-15-6-7-18(26)17(25)8-15/h6-10,13-14,22H,4-5,11-12H2,1-3H3,(H,27,28,29). The minimum atomic E-state index is -0.499. The van der Waals surface area contributed by atoms with Crippen molar-refractivity contribution in [3.8, 4) is 11.5 Å². The highest BCUT2D eigenvalue weighted by Gasteiger charge is 2.30. The Morgan fingerprint density at radius 1 is 1.29 bits per heavy atom. The number of aromatic nitrogens is 2. The minimum absolute atomic E-state index is 0.00880. The molecule has 34 heavy (non-hydrogen) atoms. The lowest BCUT2D eigenvalue weighted by molar-refractivity contribution is -0.163. The molecule has 1 saturated heterocycles. The van der Waals surface area contributed by atoms with E-state index in [1.54, 1.807) is 25.3 Å². The van der Waals surface area contributed by atoms with Crippen LogP contribution in [0.25, 0.3) is 10.9 Å². The van der Waals surface area contributed by atoms with Gasteiger partial charge in [-0.15, -0.1) is 0 Å². The van der Waals surface area contributed by atoms with Crippen molar-refractivity contribution < 1.29 is 23.4 Å². The van der Waals surface area contributed by atoms with Crippen LogP contribution in [0.15, 0.2) is 36.7 Å². The summed E-state index contributed by atoms with van der Waals surface area (Å²) in [4.78, 5) is 22.7. The van der Waals surface area contributed by atoms with Crippen molar-refractivity contribution in [3.63, 3.8) is 0 Å².